The summed E-state index contributed by atoms with van der Waals surface area (Å²) < 4.78 is 10.5. The molecule has 1 aliphatic rings. The summed E-state index contributed by atoms with van der Waals surface area (Å²) in [6, 6.07) is 0.408. The van der Waals surface area contributed by atoms with E-state index in [1.807, 2.05) is 6.92 Å². The maximum absolute atomic E-state index is 9.82. The number of ether oxygens (including phenoxy) is 2. The molecule has 1 rings (SSSR count). The molecule has 1 saturated heterocycles. The summed E-state index contributed by atoms with van der Waals surface area (Å²) in [4.78, 5) is 2.51. The van der Waals surface area contributed by atoms with E-state index in [0.717, 1.165) is 6.54 Å². The standard InChI is InChI=1S/C15H32N2O3/c1-3-19-9-10-20-13-15(18)11-16-14(2)12-17-7-5-4-6-8-17/h14-16,18H,3-13H2,1-2H3. The quantitative estimate of drug-likeness (QED) is 0.552. The highest BCUT2D eigenvalue weighted by Crippen LogP contribution is 2.08. The van der Waals surface area contributed by atoms with Gasteiger partial charge in [-0.15, -0.1) is 0 Å². The Morgan fingerprint density at radius 1 is 1.15 bits per heavy atom. The number of nitrogens with zero attached hydrogens (tertiary/aromatic N) is 1. The molecule has 0 spiro atoms. The number of likely N-dealkylation sites (tertiary alicyclic amines) is 1. The minimum atomic E-state index is -0.444. The summed E-state index contributed by atoms with van der Waals surface area (Å²) in [6.07, 6.45) is 3.57. The van der Waals surface area contributed by atoms with Crippen molar-refractivity contribution in [1.82, 2.24) is 10.2 Å². The molecule has 5 heteroatoms. The van der Waals surface area contributed by atoms with Gasteiger partial charge in [-0.1, -0.05) is 6.42 Å². The molecule has 1 heterocycles. The fraction of sp³-hybridized carbons (Fsp3) is 1.00. The number of hydrogen-bond donors (Lipinski definition) is 2. The van der Waals surface area contributed by atoms with Gasteiger partial charge in [0.2, 0.25) is 0 Å². The average molecular weight is 288 g/mol. The molecule has 1 aliphatic heterocycles. The molecule has 2 atom stereocenters. The zero-order valence-corrected chi connectivity index (χ0v) is 13.1. The van der Waals surface area contributed by atoms with Crippen LogP contribution in [0.5, 0.6) is 0 Å². The van der Waals surface area contributed by atoms with E-state index in [2.05, 4.69) is 17.1 Å². The predicted octanol–water partition coefficient (Wildman–Crippen LogP) is 0.864. The Morgan fingerprint density at radius 3 is 2.55 bits per heavy atom. The summed E-state index contributed by atoms with van der Waals surface area (Å²) in [5.74, 6) is 0. The van der Waals surface area contributed by atoms with Gasteiger partial charge in [0.1, 0.15) is 0 Å². The van der Waals surface area contributed by atoms with Gasteiger partial charge in [0.25, 0.3) is 0 Å². The first kappa shape index (κ1) is 17.9. The molecule has 2 N–H and O–H groups in total. The Morgan fingerprint density at radius 2 is 1.85 bits per heavy atom. The van der Waals surface area contributed by atoms with Crippen LogP contribution in [0.3, 0.4) is 0 Å². The maximum Gasteiger partial charge on any atom is 0.0897 e. The first-order chi connectivity index (χ1) is 9.72. The second-order valence-electron chi connectivity index (χ2n) is 5.60. The van der Waals surface area contributed by atoms with Crippen molar-refractivity contribution in [2.24, 2.45) is 0 Å². The molecule has 0 aromatic rings. The van der Waals surface area contributed by atoms with Crippen LogP contribution in [0.15, 0.2) is 0 Å². The fourth-order valence-corrected chi connectivity index (χ4v) is 2.47. The molecule has 0 aromatic carbocycles. The molecule has 0 saturated carbocycles. The molecule has 5 nitrogen and oxygen atoms in total. The number of nitrogens with one attached hydrogen (secondary N) is 1. The Hall–Kier alpha value is -0.200. The second-order valence-corrected chi connectivity index (χ2v) is 5.60. The van der Waals surface area contributed by atoms with E-state index in [1.165, 1.54) is 32.4 Å². The van der Waals surface area contributed by atoms with Gasteiger partial charge in [-0.2, -0.15) is 0 Å². The molecule has 0 bridgehead atoms. The van der Waals surface area contributed by atoms with Crippen molar-refractivity contribution in [1.29, 1.82) is 0 Å². The van der Waals surface area contributed by atoms with Crippen LogP contribution in [0.25, 0.3) is 0 Å². The molecular weight excluding hydrogens is 256 g/mol. The van der Waals surface area contributed by atoms with Crippen molar-refractivity contribution >= 4 is 0 Å². The van der Waals surface area contributed by atoms with Gasteiger partial charge in [0.05, 0.1) is 25.9 Å². The zero-order chi connectivity index (χ0) is 14.6. The van der Waals surface area contributed by atoms with Gasteiger partial charge < -0.3 is 24.8 Å². The first-order valence-electron chi connectivity index (χ1n) is 8.01. The first-order valence-corrected chi connectivity index (χ1v) is 8.01. The lowest BCUT2D eigenvalue weighted by molar-refractivity contribution is 0.00552. The monoisotopic (exact) mass is 288 g/mol. The molecule has 0 amide bonds. The van der Waals surface area contributed by atoms with E-state index in [0.29, 0.717) is 39.0 Å². The normalized spacial score (nSPS) is 19.9. The van der Waals surface area contributed by atoms with Gasteiger partial charge in [-0.3, -0.25) is 0 Å². The van der Waals surface area contributed by atoms with Crippen LogP contribution < -0.4 is 5.32 Å². The largest absolute Gasteiger partial charge is 0.389 e. The van der Waals surface area contributed by atoms with Crippen molar-refractivity contribution in [3.8, 4) is 0 Å². The van der Waals surface area contributed by atoms with E-state index < -0.39 is 6.10 Å². The van der Waals surface area contributed by atoms with Crippen LogP contribution in [-0.2, 0) is 9.47 Å². The van der Waals surface area contributed by atoms with E-state index in [4.69, 9.17) is 9.47 Å². The van der Waals surface area contributed by atoms with E-state index >= 15 is 0 Å². The zero-order valence-electron chi connectivity index (χ0n) is 13.1. The lowest BCUT2D eigenvalue weighted by Crippen LogP contribution is -2.44. The van der Waals surface area contributed by atoms with Gasteiger partial charge in [0, 0.05) is 25.7 Å². The summed E-state index contributed by atoms with van der Waals surface area (Å²) in [7, 11) is 0. The highest BCUT2D eigenvalue weighted by Gasteiger charge is 2.14. The molecule has 120 valence electrons. The topological polar surface area (TPSA) is 54.0 Å². The minimum absolute atomic E-state index is 0.372. The third-order valence-corrected chi connectivity index (χ3v) is 3.57. The molecule has 2 unspecified atom stereocenters. The Bertz CT molecular complexity index is 223. The van der Waals surface area contributed by atoms with Crippen molar-refractivity contribution in [3.05, 3.63) is 0 Å². The minimum Gasteiger partial charge on any atom is -0.389 e. The smallest absolute Gasteiger partial charge is 0.0897 e. The highest BCUT2D eigenvalue weighted by molar-refractivity contribution is 4.72. The van der Waals surface area contributed by atoms with E-state index in [9.17, 15) is 5.11 Å². The van der Waals surface area contributed by atoms with Gasteiger partial charge in [-0.25, -0.2) is 0 Å². The number of hydrogen-bond acceptors (Lipinski definition) is 5. The van der Waals surface area contributed by atoms with Crippen LogP contribution in [0.1, 0.15) is 33.1 Å². The average Bonchev–Trinajstić information content (AvgIpc) is 2.46. The summed E-state index contributed by atoms with van der Waals surface area (Å²) >= 11 is 0. The SMILES string of the molecule is CCOCCOCC(O)CNC(C)CN1CCCCC1. The molecular formula is C15H32N2O3. The van der Waals surface area contributed by atoms with Gasteiger partial charge >= 0.3 is 0 Å². The third-order valence-electron chi connectivity index (χ3n) is 3.57. The van der Waals surface area contributed by atoms with Crippen LogP contribution in [-0.4, -0.2) is 74.8 Å². The maximum atomic E-state index is 9.82. The van der Waals surface area contributed by atoms with Crippen LogP contribution in [0, 0.1) is 0 Å². The lowest BCUT2D eigenvalue weighted by atomic mass is 10.1. The van der Waals surface area contributed by atoms with Crippen LogP contribution in [0.2, 0.25) is 0 Å². The molecule has 0 aromatic heterocycles. The Labute approximate surface area is 123 Å². The third kappa shape index (κ3) is 8.87. The fourth-order valence-electron chi connectivity index (χ4n) is 2.47. The van der Waals surface area contributed by atoms with E-state index in [-0.39, 0.29) is 0 Å². The second kappa shape index (κ2) is 11.5. The molecule has 0 radical (unpaired) electrons. The predicted molar refractivity (Wildman–Crippen MR) is 81.1 cm³/mol. The van der Waals surface area contributed by atoms with Crippen molar-refractivity contribution in [2.45, 2.75) is 45.3 Å². The van der Waals surface area contributed by atoms with Gasteiger partial charge in [-0.05, 0) is 39.8 Å². The van der Waals surface area contributed by atoms with Crippen LogP contribution in [0.4, 0.5) is 0 Å². The lowest BCUT2D eigenvalue weighted by Gasteiger charge is -2.29. The molecule has 20 heavy (non-hydrogen) atoms. The summed E-state index contributed by atoms with van der Waals surface area (Å²) in [5, 5.41) is 13.2. The van der Waals surface area contributed by atoms with Crippen molar-refractivity contribution in [3.63, 3.8) is 0 Å². The number of aliphatic hydroxyl groups is 1. The van der Waals surface area contributed by atoms with Crippen molar-refractivity contribution < 1.29 is 14.6 Å². The molecule has 1 fully saturated rings. The van der Waals surface area contributed by atoms with E-state index in [1.54, 1.807) is 0 Å². The van der Waals surface area contributed by atoms with Crippen LogP contribution >= 0.6 is 0 Å². The highest BCUT2D eigenvalue weighted by atomic mass is 16.5. The summed E-state index contributed by atoms with van der Waals surface area (Å²) in [5.41, 5.74) is 0. The molecule has 0 aliphatic carbocycles. The number of rotatable bonds is 11. The summed E-state index contributed by atoms with van der Waals surface area (Å²) in [6.45, 7) is 10.5. The Balaban J connectivity index is 1.97. The number of aliphatic hydroxyl groups excluding tert-OH is 1. The van der Waals surface area contributed by atoms with Crippen molar-refractivity contribution in [2.75, 3.05) is 52.6 Å². The number of piperidine rings is 1. The Kier molecular flexibility index (Phi) is 10.2. The van der Waals surface area contributed by atoms with Gasteiger partial charge in [0.15, 0.2) is 0 Å².